The van der Waals surface area contributed by atoms with Crippen molar-refractivity contribution in [3.05, 3.63) is 24.3 Å². The Balaban J connectivity index is 1.89. The number of rotatable bonds is 6. The Morgan fingerprint density at radius 2 is 2.00 bits per heavy atom. The van der Waals surface area contributed by atoms with E-state index in [1.54, 1.807) is 0 Å². The lowest BCUT2D eigenvalue weighted by Crippen LogP contribution is -2.28. The predicted octanol–water partition coefficient (Wildman–Crippen LogP) is 3.68. The molecule has 1 fully saturated rings. The minimum absolute atomic E-state index is 0.197. The minimum Gasteiger partial charge on any atom is -0.491 e. The van der Waals surface area contributed by atoms with Gasteiger partial charge in [-0.25, -0.2) is 0 Å². The maximum Gasteiger partial charge on any atom is 0.121 e. The van der Waals surface area contributed by atoms with Crippen molar-refractivity contribution in [2.75, 3.05) is 18.5 Å². The second-order valence-corrected chi connectivity index (χ2v) is 6.06. The molecule has 3 heteroatoms. The fourth-order valence-corrected chi connectivity index (χ4v) is 2.99. The molecule has 0 amide bonds. The van der Waals surface area contributed by atoms with E-state index >= 15 is 0 Å². The lowest BCUT2D eigenvalue weighted by atomic mass is 9.79. The van der Waals surface area contributed by atoms with Gasteiger partial charge in [-0.1, -0.05) is 18.9 Å². The molecule has 1 aromatic carbocycles. The number of nitrogens with one attached hydrogen (secondary N) is 1. The van der Waals surface area contributed by atoms with Crippen LogP contribution in [-0.4, -0.2) is 24.4 Å². The lowest BCUT2D eigenvalue weighted by molar-refractivity contribution is 0.141. The standard InChI is InChI=1S/C17H27NO2/c1-13(2)20-17-9-5-8-16(10-17)18-11-14-6-3-4-7-15(14)12-19/h5,8-10,13-15,18-19H,3-4,6-7,11-12H2,1-2H3. The van der Waals surface area contributed by atoms with Gasteiger partial charge in [-0.15, -0.1) is 0 Å². The molecule has 2 atom stereocenters. The molecule has 0 saturated heterocycles. The highest BCUT2D eigenvalue weighted by molar-refractivity contribution is 5.48. The molecule has 0 heterocycles. The van der Waals surface area contributed by atoms with Gasteiger partial charge in [0.2, 0.25) is 0 Å². The number of ether oxygens (including phenoxy) is 1. The zero-order valence-electron chi connectivity index (χ0n) is 12.6. The van der Waals surface area contributed by atoms with Crippen LogP contribution in [0.3, 0.4) is 0 Å². The predicted molar refractivity (Wildman–Crippen MR) is 83.2 cm³/mol. The first-order valence-electron chi connectivity index (χ1n) is 7.80. The third-order valence-electron chi connectivity index (χ3n) is 4.08. The van der Waals surface area contributed by atoms with Gasteiger partial charge in [0.05, 0.1) is 6.10 Å². The number of aliphatic hydroxyl groups is 1. The number of aliphatic hydroxyl groups excluding tert-OH is 1. The Kier molecular flexibility index (Phi) is 5.72. The molecular formula is C17H27NO2. The van der Waals surface area contributed by atoms with Crippen LogP contribution in [0.5, 0.6) is 5.75 Å². The van der Waals surface area contributed by atoms with E-state index in [1.165, 1.54) is 25.7 Å². The number of anilines is 1. The summed E-state index contributed by atoms with van der Waals surface area (Å²) in [7, 11) is 0. The maximum atomic E-state index is 9.45. The van der Waals surface area contributed by atoms with E-state index in [1.807, 2.05) is 26.0 Å². The minimum atomic E-state index is 0.197. The first kappa shape index (κ1) is 15.2. The van der Waals surface area contributed by atoms with E-state index in [0.29, 0.717) is 18.4 Å². The van der Waals surface area contributed by atoms with Crippen LogP contribution in [0, 0.1) is 11.8 Å². The fraction of sp³-hybridized carbons (Fsp3) is 0.647. The second kappa shape index (κ2) is 7.53. The van der Waals surface area contributed by atoms with Gasteiger partial charge in [-0.05, 0) is 50.7 Å². The molecule has 20 heavy (non-hydrogen) atoms. The first-order valence-corrected chi connectivity index (χ1v) is 7.80. The number of hydrogen-bond donors (Lipinski definition) is 2. The molecule has 112 valence electrons. The summed E-state index contributed by atoms with van der Waals surface area (Å²) >= 11 is 0. The van der Waals surface area contributed by atoms with Crippen LogP contribution in [0.2, 0.25) is 0 Å². The summed E-state index contributed by atoms with van der Waals surface area (Å²) in [6, 6.07) is 8.13. The topological polar surface area (TPSA) is 41.5 Å². The molecule has 2 rings (SSSR count). The van der Waals surface area contributed by atoms with E-state index in [-0.39, 0.29) is 6.10 Å². The molecule has 3 nitrogen and oxygen atoms in total. The van der Waals surface area contributed by atoms with E-state index in [2.05, 4.69) is 17.4 Å². The number of benzene rings is 1. The molecular weight excluding hydrogens is 250 g/mol. The van der Waals surface area contributed by atoms with Gasteiger partial charge in [0.15, 0.2) is 0 Å². The van der Waals surface area contributed by atoms with Crippen molar-refractivity contribution < 1.29 is 9.84 Å². The Hall–Kier alpha value is -1.22. The molecule has 0 radical (unpaired) electrons. The van der Waals surface area contributed by atoms with Crippen molar-refractivity contribution in [1.82, 2.24) is 0 Å². The molecule has 0 aliphatic heterocycles. The van der Waals surface area contributed by atoms with Crippen molar-refractivity contribution in [3.63, 3.8) is 0 Å². The van der Waals surface area contributed by atoms with Gasteiger partial charge in [-0.3, -0.25) is 0 Å². The van der Waals surface area contributed by atoms with E-state index in [0.717, 1.165) is 18.0 Å². The summed E-state index contributed by atoms with van der Waals surface area (Å²) < 4.78 is 5.71. The summed E-state index contributed by atoms with van der Waals surface area (Å²) in [6.07, 6.45) is 5.14. The van der Waals surface area contributed by atoms with Gasteiger partial charge in [0, 0.05) is 24.9 Å². The van der Waals surface area contributed by atoms with Crippen LogP contribution in [0.15, 0.2) is 24.3 Å². The Bertz CT molecular complexity index is 406. The first-order chi connectivity index (χ1) is 9.69. The zero-order chi connectivity index (χ0) is 14.4. The third-order valence-corrected chi connectivity index (χ3v) is 4.08. The highest BCUT2D eigenvalue weighted by Crippen LogP contribution is 2.30. The summed E-state index contributed by atoms with van der Waals surface area (Å²) in [5.74, 6) is 1.96. The second-order valence-electron chi connectivity index (χ2n) is 6.06. The molecule has 0 bridgehead atoms. The van der Waals surface area contributed by atoms with Crippen molar-refractivity contribution in [3.8, 4) is 5.75 Å². The summed E-state index contributed by atoms with van der Waals surface area (Å²) in [5, 5.41) is 13.0. The zero-order valence-corrected chi connectivity index (χ0v) is 12.6. The number of hydrogen-bond acceptors (Lipinski definition) is 3. The average Bonchev–Trinajstić information content (AvgIpc) is 2.45. The highest BCUT2D eigenvalue weighted by Gasteiger charge is 2.24. The van der Waals surface area contributed by atoms with Crippen molar-refractivity contribution in [2.24, 2.45) is 11.8 Å². The van der Waals surface area contributed by atoms with Gasteiger partial charge in [-0.2, -0.15) is 0 Å². The Morgan fingerprint density at radius 1 is 1.25 bits per heavy atom. The maximum absolute atomic E-state index is 9.45. The monoisotopic (exact) mass is 277 g/mol. The third kappa shape index (κ3) is 4.41. The van der Waals surface area contributed by atoms with Gasteiger partial charge in [0.25, 0.3) is 0 Å². The Morgan fingerprint density at radius 3 is 2.70 bits per heavy atom. The highest BCUT2D eigenvalue weighted by atomic mass is 16.5. The molecule has 0 aromatic heterocycles. The van der Waals surface area contributed by atoms with Crippen LogP contribution in [0.4, 0.5) is 5.69 Å². The summed E-state index contributed by atoms with van der Waals surface area (Å²) in [5.41, 5.74) is 1.10. The Labute approximate surface area is 122 Å². The van der Waals surface area contributed by atoms with Crippen LogP contribution in [0.1, 0.15) is 39.5 Å². The van der Waals surface area contributed by atoms with Gasteiger partial charge in [0.1, 0.15) is 5.75 Å². The van der Waals surface area contributed by atoms with Gasteiger partial charge >= 0.3 is 0 Å². The smallest absolute Gasteiger partial charge is 0.121 e. The summed E-state index contributed by atoms with van der Waals surface area (Å²) in [4.78, 5) is 0. The van der Waals surface area contributed by atoms with Crippen molar-refractivity contribution in [1.29, 1.82) is 0 Å². The molecule has 1 aromatic rings. The van der Waals surface area contributed by atoms with Gasteiger partial charge < -0.3 is 15.2 Å². The quantitative estimate of drug-likeness (QED) is 0.833. The fourth-order valence-electron chi connectivity index (χ4n) is 2.99. The van der Waals surface area contributed by atoms with Crippen LogP contribution in [0.25, 0.3) is 0 Å². The van der Waals surface area contributed by atoms with E-state index < -0.39 is 0 Å². The lowest BCUT2D eigenvalue weighted by Gasteiger charge is -2.30. The summed E-state index contributed by atoms with van der Waals surface area (Å²) in [6.45, 7) is 5.33. The van der Waals surface area contributed by atoms with Crippen molar-refractivity contribution >= 4 is 5.69 Å². The molecule has 1 saturated carbocycles. The van der Waals surface area contributed by atoms with Crippen LogP contribution < -0.4 is 10.1 Å². The molecule has 1 aliphatic carbocycles. The average molecular weight is 277 g/mol. The normalized spacial score (nSPS) is 22.8. The van der Waals surface area contributed by atoms with E-state index in [9.17, 15) is 5.11 Å². The largest absolute Gasteiger partial charge is 0.491 e. The van der Waals surface area contributed by atoms with Crippen LogP contribution >= 0.6 is 0 Å². The van der Waals surface area contributed by atoms with Crippen molar-refractivity contribution in [2.45, 2.75) is 45.6 Å². The van der Waals surface area contributed by atoms with E-state index in [4.69, 9.17) is 4.74 Å². The SMILES string of the molecule is CC(C)Oc1cccc(NCC2CCCCC2CO)c1. The molecule has 2 unspecified atom stereocenters. The van der Waals surface area contributed by atoms with Crippen LogP contribution in [-0.2, 0) is 0 Å². The molecule has 2 N–H and O–H groups in total. The molecule has 0 spiro atoms. The molecule has 1 aliphatic rings.